The Bertz CT molecular complexity index is 708. The highest BCUT2D eigenvalue weighted by Crippen LogP contribution is 2.21. The SMILES string of the molecule is Cc1ccccc1C[n+]1csc2cc(Cl)ccc21.[Br-]. The van der Waals surface area contributed by atoms with Crippen molar-refractivity contribution in [2.45, 2.75) is 13.5 Å². The predicted molar refractivity (Wildman–Crippen MR) is 77.3 cm³/mol. The van der Waals surface area contributed by atoms with Gasteiger partial charge in [0.05, 0.1) is 0 Å². The molecule has 0 spiro atoms. The normalized spacial score (nSPS) is 10.4. The average molecular weight is 355 g/mol. The lowest BCUT2D eigenvalue weighted by molar-refractivity contribution is -0.658. The van der Waals surface area contributed by atoms with E-state index in [-0.39, 0.29) is 17.0 Å². The van der Waals surface area contributed by atoms with E-state index in [0.29, 0.717) is 0 Å². The number of hydrogen-bond acceptors (Lipinski definition) is 1. The van der Waals surface area contributed by atoms with E-state index < -0.39 is 0 Å². The molecule has 1 aromatic heterocycles. The lowest BCUT2D eigenvalue weighted by atomic mass is 10.1. The number of aryl methyl sites for hydroxylation is 1. The minimum Gasteiger partial charge on any atom is -1.00 e. The maximum absolute atomic E-state index is 6.01. The van der Waals surface area contributed by atoms with Gasteiger partial charge in [0.25, 0.3) is 0 Å². The Balaban J connectivity index is 0.00000133. The molecule has 98 valence electrons. The first-order chi connectivity index (χ1) is 8.74. The topological polar surface area (TPSA) is 3.88 Å². The van der Waals surface area contributed by atoms with Gasteiger partial charge in [-0.3, -0.25) is 0 Å². The van der Waals surface area contributed by atoms with Crippen LogP contribution in [0.2, 0.25) is 5.02 Å². The van der Waals surface area contributed by atoms with Crippen LogP contribution in [0.3, 0.4) is 0 Å². The van der Waals surface area contributed by atoms with Gasteiger partial charge in [0.2, 0.25) is 11.0 Å². The van der Waals surface area contributed by atoms with Crippen molar-refractivity contribution in [2.75, 3.05) is 0 Å². The Morgan fingerprint density at radius 2 is 1.95 bits per heavy atom. The molecule has 0 amide bonds. The maximum Gasteiger partial charge on any atom is 0.226 e. The fourth-order valence-electron chi connectivity index (χ4n) is 2.09. The molecule has 0 radical (unpaired) electrons. The van der Waals surface area contributed by atoms with Crippen LogP contribution in [0.15, 0.2) is 48.0 Å². The number of halogens is 2. The highest BCUT2D eigenvalue weighted by molar-refractivity contribution is 7.16. The summed E-state index contributed by atoms with van der Waals surface area (Å²) in [6, 6.07) is 14.6. The van der Waals surface area contributed by atoms with Gasteiger partial charge < -0.3 is 17.0 Å². The third kappa shape index (κ3) is 2.99. The van der Waals surface area contributed by atoms with Crippen molar-refractivity contribution >= 4 is 33.2 Å². The Labute approximate surface area is 132 Å². The van der Waals surface area contributed by atoms with Gasteiger partial charge in [0, 0.05) is 16.7 Å². The molecular weight excluding hydrogens is 342 g/mol. The molecule has 0 unspecified atom stereocenters. The van der Waals surface area contributed by atoms with Crippen molar-refractivity contribution in [1.29, 1.82) is 0 Å². The van der Waals surface area contributed by atoms with E-state index >= 15 is 0 Å². The summed E-state index contributed by atoms with van der Waals surface area (Å²) in [6.45, 7) is 3.07. The Morgan fingerprint density at radius 3 is 2.74 bits per heavy atom. The van der Waals surface area contributed by atoms with Crippen LogP contribution in [0.5, 0.6) is 0 Å². The van der Waals surface area contributed by atoms with E-state index in [1.54, 1.807) is 11.3 Å². The quantitative estimate of drug-likeness (QED) is 0.609. The van der Waals surface area contributed by atoms with E-state index in [4.69, 9.17) is 11.6 Å². The lowest BCUT2D eigenvalue weighted by Gasteiger charge is -2.00. The van der Waals surface area contributed by atoms with Gasteiger partial charge in [-0.2, -0.15) is 4.57 Å². The molecule has 0 fully saturated rings. The molecule has 1 heterocycles. The summed E-state index contributed by atoms with van der Waals surface area (Å²) in [6.07, 6.45) is 0. The predicted octanol–water partition coefficient (Wildman–Crippen LogP) is 1.20. The molecule has 0 saturated heterocycles. The summed E-state index contributed by atoms with van der Waals surface area (Å²) >= 11 is 7.74. The second-order valence-electron chi connectivity index (χ2n) is 4.39. The fourth-order valence-corrected chi connectivity index (χ4v) is 3.26. The standard InChI is InChI=1S/C15H13ClNS.BrH/c1-11-4-2-3-5-12(11)9-17-10-18-15-8-13(16)6-7-14(15)17;/h2-8,10H,9H2,1H3;1H/q+1;/p-1. The van der Waals surface area contributed by atoms with Crippen LogP contribution in [0, 0.1) is 6.92 Å². The van der Waals surface area contributed by atoms with Gasteiger partial charge in [0.15, 0.2) is 6.54 Å². The highest BCUT2D eigenvalue weighted by atomic mass is 79.9. The summed E-state index contributed by atoms with van der Waals surface area (Å²) in [7, 11) is 0. The molecule has 19 heavy (non-hydrogen) atoms. The second kappa shape index (κ2) is 6.04. The van der Waals surface area contributed by atoms with Crippen molar-refractivity contribution in [3.05, 3.63) is 64.1 Å². The number of rotatable bonds is 2. The van der Waals surface area contributed by atoms with Crippen molar-refractivity contribution in [1.82, 2.24) is 0 Å². The highest BCUT2D eigenvalue weighted by Gasteiger charge is 2.13. The van der Waals surface area contributed by atoms with Gasteiger partial charge in [-0.1, -0.05) is 47.2 Å². The van der Waals surface area contributed by atoms with Crippen LogP contribution in [-0.2, 0) is 6.54 Å². The third-order valence-corrected chi connectivity index (χ3v) is 4.32. The lowest BCUT2D eigenvalue weighted by Crippen LogP contribution is -3.00. The zero-order valence-corrected chi connectivity index (χ0v) is 13.6. The molecule has 0 saturated carbocycles. The summed E-state index contributed by atoms with van der Waals surface area (Å²) in [5.41, 5.74) is 6.09. The van der Waals surface area contributed by atoms with Crippen LogP contribution in [0.25, 0.3) is 10.2 Å². The molecule has 3 aromatic rings. The van der Waals surface area contributed by atoms with Crippen LogP contribution in [-0.4, -0.2) is 0 Å². The maximum atomic E-state index is 6.01. The van der Waals surface area contributed by atoms with E-state index in [0.717, 1.165) is 11.6 Å². The van der Waals surface area contributed by atoms with Gasteiger partial charge in [-0.05, 0) is 24.6 Å². The number of hydrogen-bond donors (Lipinski definition) is 0. The van der Waals surface area contributed by atoms with Crippen LogP contribution in [0.1, 0.15) is 11.1 Å². The minimum atomic E-state index is 0. The molecule has 0 aliphatic rings. The van der Waals surface area contributed by atoms with Crippen molar-refractivity contribution in [3.63, 3.8) is 0 Å². The van der Waals surface area contributed by atoms with Crippen LogP contribution >= 0.6 is 22.9 Å². The molecule has 1 nitrogen and oxygen atoms in total. The second-order valence-corrected chi connectivity index (χ2v) is 5.71. The number of fused-ring (bicyclic) bond motifs is 1. The van der Waals surface area contributed by atoms with Crippen molar-refractivity contribution in [2.24, 2.45) is 0 Å². The molecule has 0 atom stereocenters. The molecule has 0 N–H and O–H groups in total. The zero-order valence-electron chi connectivity index (χ0n) is 10.4. The van der Waals surface area contributed by atoms with Crippen molar-refractivity contribution in [3.8, 4) is 0 Å². The molecule has 0 aliphatic carbocycles. The first-order valence-electron chi connectivity index (χ1n) is 5.85. The minimum absolute atomic E-state index is 0. The molecular formula is C15H13BrClNS. The van der Waals surface area contributed by atoms with E-state index in [1.165, 1.54) is 21.3 Å². The first kappa shape index (κ1) is 14.5. The van der Waals surface area contributed by atoms with Gasteiger partial charge in [-0.15, -0.1) is 0 Å². The molecule has 0 bridgehead atoms. The molecule has 4 heteroatoms. The van der Waals surface area contributed by atoms with E-state index in [2.05, 4.69) is 47.3 Å². The fraction of sp³-hybridized carbons (Fsp3) is 0.133. The number of aromatic nitrogens is 1. The van der Waals surface area contributed by atoms with Gasteiger partial charge >= 0.3 is 0 Å². The average Bonchev–Trinajstić information content (AvgIpc) is 2.74. The largest absolute Gasteiger partial charge is 1.00 e. The van der Waals surface area contributed by atoms with Gasteiger partial charge in [0.1, 0.15) is 4.70 Å². The monoisotopic (exact) mass is 353 g/mol. The Kier molecular flexibility index (Phi) is 4.61. The zero-order chi connectivity index (χ0) is 12.5. The number of benzene rings is 2. The summed E-state index contributed by atoms with van der Waals surface area (Å²) in [5.74, 6) is 0. The summed E-state index contributed by atoms with van der Waals surface area (Å²) in [5, 5.41) is 0.799. The van der Waals surface area contributed by atoms with E-state index in [1.807, 2.05) is 12.1 Å². The van der Waals surface area contributed by atoms with E-state index in [9.17, 15) is 0 Å². The van der Waals surface area contributed by atoms with Crippen molar-refractivity contribution < 1.29 is 21.5 Å². The number of nitrogens with zero attached hydrogens (tertiary/aromatic N) is 1. The number of thiazole rings is 1. The smallest absolute Gasteiger partial charge is 0.226 e. The molecule has 3 rings (SSSR count). The Hall–Kier alpha value is -0.900. The van der Waals surface area contributed by atoms with Crippen LogP contribution in [0.4, 0.5) is 0 Å². The van der Waals surface area contributed by atoms with Gasteiger partial charge in [-0.25, -0.2) is 0 Å². The molecule has 0 aliphatic heterocycles. The first-order valence-corrected chi connectivity index (χ1v) is 7.10. The Morgan fingerprint density at radius 1 is 1.16 bits per heavy atom. The summed E-state index contributed by atoms with van der Waals surface area (Å²) < 4.78 is 3.51. The molecule has 2 aromatic carbocycles. The summed E-state index contributed by atoms with van der Waals surface area (Å²) in [4.78, 5) is 0. The third-order valence-electron chi connectivity index (χ3n) is 3.14. The van der Waals surface area contributed by atoms with Crippen LogP contribution < -0.4 is 21.5 Å².